The predicted molar refractivity (Wildman–Crippen MR) is 72.6 cm³/mol. The first-order valence-corrected chi connectivity index (χ1v) is 6.20. The molecule has 2 aromatic rings. The zero-order valence-corrected chi connectivity index (χ0v) is 10.8. The highest BCUT2D eigenvalue weighted by Gasteiger charge is 2.02. The molecule has 0 aliphatic heterocycles. The summed E-state index contributed by atoms with van der Waals surface area (Å²) in [5.74, 6) is 1.32. The second-order valence-corrected chi connectivity index (χ2v) is 4.52. The summed E-state index contributed by atoms with van der Waals surface area (Å²) in [6.07, 6.45) is 6.21. The minimum Gasteiger partial charge on any atom is -0.370 e. The lowest BCUT2D eigenvalue weighted by molar-refractivity contribution is 0.813. The summed E-state index contributed by atoms with van der Waals surface area (Å²) in [4.78, 5) is 12.5. The van der Waals surface area contributed by atoms with Gasteiger partial charge in [0.25, 0.3) is 0 Å². The lowest BCUT2D eigenvalue weighted by atomic mass is 10.1. The molecule has 94 valence electrons. The Kier molecular flexibility index (Phi) is 4.23. The molecule has 0 aliphatic carbocycles. The van der Waals surface area contributed by atoms with Crippen molar-refractivity contribution in [1.29, 1.82) is 0 Å². The smallest absolute Gasteiger partial charge is 0.129 e. The van der Waals surface area contributed by atoms with E-state index >= 15 is 0 Å². The van der Waals surface area contributed by atoms with E-state index in [4.69, 9.17) is 0 Å². The summed E-state index contributed by atoms with van der Waals surface area (Å²) in [7, 11) is 0. The number of aromatic nitrogens is 3. The fourth-order valence-corrected chi connectivity index (χ4v) is 1.67. The number of rotatable bonds is 5. The Morgan fingerprint density at radius 1 is 1.17 bits per heavy atom. The van der Waals surface area contributed by atoms with Gasteiger partial charge in [-0.3, -0.25) is 4.98 Å². The molecule has 4 nitrogen and oxygen atoms in total. The van der Waals surface area contributed by atoms with Crippen molar-refractivity contribution < 1.29 is 0 Å². The SMILES string of the molecule is CC(C)c1cc(NCCc2ccncc2)ncn1. The molecule has 0 aliphatic rings. The van der Waals surface area contributed by atoms with Gasteiger partial charge in [-0.05, 0) is 30.0 Å². The number of hydrogen-bond acceptors (Lipinski definition) is 4. The van der Waals surface area contributed by atoms with E-state index in [1.54, 1.807) is 6.33 Å². The normalized spacial score (nSPS) is 10.6. The Morgan fingerprint density at radius 2 is 1.94 bits per heavy atom. The van der Waals surface area contributed by atoms with Gasteiger partial charge in [0, 0.05) is 30.7 Å². The lowest BCUT2D eigenvalue weighted by Crippen LogP contribution is -2.07. The molecule has 0 spiro atoms. The van der Waals surface area contributed by atoms with Gasteiger partial charge in [0.15, 0.2) is 0 Å². The molecule has 2 heterocycles. The molecular formula is C14H18N4. The van der Waals surface area contributed by atoms with Gasteiger partial charge in [0.05, 0.1) is 0 Å². The molecule has 0 saturated carbocycles. The zero-order chi connectivity index (χ0) is 12.8. The highest BCUT2D eigenvalue weighted by molar-refractivity contribution is 5.35. The maximum Gasteiger partial charge on any atom is 0.129 e. The molecule has 18 heavy (non-hydrogen) atoms. The van der Waals surface area contributed by atoms with Gasteiger partial charge in [-0.1, -0.05) is 13.8 Å². The van der Waals surface area contributed by atoms with Crippen LogP contribution in [-0.4, -0.2) is 21.5 Å². The third kappa shape index (κ3) is 3.52. The van der Waals surface area contributed by atoms with Crippen LogP contribution < -0.4 is 5.32 Å². The first-order chi connectivity index (χ1) is 8.75. The monoisotopic (exact) mass is 242 g/mol. The van der Waals surface area contributed by atoms with Crippen molar-refractivity contribution in [2.45, 2.75) is 26.2 Å². The van der Waals surface area contributed by atoms with Gasteiger partial charge in [-0.2, -0.15) is 0 Å². The highest BCUT2D eigenvalue weighted by atomic mass is 15.0. The number of hydrogen-bond donors (Lipinski definition) is 1. The largest absolute Gasteiger partial charge is 0.370 e. The maximum atomic E-state index is 4.25. The van der Waals surface area contributed by atoms with Crippen molar-refractivity contribution in [3.8, 4) is 0 Å². The molecular weight excluding hydrogens is 224 g/mol. The Hall–Kier alpha value is -1.97. The molecule has 0 saturated heterocycles. The van der Waals surface area contributed by atoms with Crippen molar-refractivity contribution in [1.82, 2.24) is 15.0 Å². The van der Waals surface area contributed by atoms with Gasteiger partial charge in [0.1, 0.15) is 12.1 Å². The van der Waals surface area contributed by atoms with E-state index in [0.717, 1.165) is 24.5 Å². The van der Waals surface area contributed by atoms with E-state index < -0.39 is 0 Å². The molecule has 0 atom stereocenters. The third-order valence-corrected chi connectivity index (χ3v) is 2.75. The second kappa shape index (κ2) is 6.10. The molecule has 0 aromatic carbocycles. The van der Waals surface area contributed by atoms with Gasteiger partial charge in [-0.25, -0.2) is 9.97 Å². The van der Waals surface area contributed by atoms with E-state index in [9.17, 15) is 0 Å². The van der Waals surface area contributed by atoms with Crippen LogP contribution in [0, 0.1) is 0 Å². The average molecular weight is 242 g/mol. The van der Waals surface area contributed by atoms with E-state index in [2.05, 4.69) is 34.1 Å². The van der Waals surface area contributed by atoms with E-state index in [1.807, 2.05) is 30.6 Å². The summed E-state index contributed by atoms with van der Waals surface area (Å²) in [6, 6.07) is 6.07. The molecule has 0 radical (unpaired) electrons. The minimum atomic E-state index is 0.425. The van der Waals surface area contributed by atoms with Gasteiger partial charge in [-0.15, -0.1) is 0 Å². The molecule has 2 aromatic heterocycles. The van der Waals surface area contributed by atoms with E-state index in [1.165, 1.54) is 5.56 Å². The van der Waals surface area contributed by atoms with Crippen LogP contribution in [0.5, 0.6) is 0 Å². The third-order valence-electron chi connectivity index (χ3n) is 2.75. The van der Waals surface area contributed by atoms with Gasteiger partial charge >= 0.3 is 0 Å². The molecule has 0 unspecified atom stereocenters. The number of nitrogens with zero attached hydrogens (tertiary/aromatic N) is 3. The van der Waals surface area contributed by atoms with Crippen LogP contribution in [-0.2, 0) is 6.42 Å². The zero-order valence-electron chi connectivity index (χ0n) is 10.8. The van der Waals surface area contributed by atoms with Crippen molar-refractivity contribution in [2.75, 3.05) is 11.9 Å². The Morgan fingerprint density at radius 3 is 2.67 bits per heavy atom. The fraction of sp³-hybridized carbons (Fsp3) is 0.357. The van der Waals surface area contributed by atoms with Gasteiger partial charge in [0.2, 0.25) is 0 Å². The quantitative estimate of drug-likeness (QED) is 0.875. The maximum absolute atomic E-state index is 4.25. The topological polar surface area (TPSA) is 50.7 Å². The van der Waals surface area contributed by atoms with Crippen LogP contribution in [0.2, 0.25) is 0 Å². The van der Waals surface area contributed by atoms with Crippen molar-refractivity contribution in [3.63, 3.8) is 0 Å². The molecule has 0 bridgehead atoms. The van der Waals surface area contributed by atoms with Crippen molar-refractivity contribution in [3.05, 3.63) is 48.2 Å². The highest BCUT2D eigenvalue weighted by Crippen LogP contribution is 2.13. The summed E-state index contributed by atoms with van der Waals surface area (Å²) in [6.45, 7) is 5.12. The number of anilines is 1. The molecule has 2 rings (SSSR count). The summed E-state index contributed by atoms with van der Waals surface area (Å²) in [5, 5.41) is 3.32. The predicted octanol–water partition coefficient (Wildman–Crippen LogP) is 2.65. The standard InChI is InChI=1S/C14H18N4/c1-11(2)13-9-14(18-10-17-13)16-8-5-12-3-6-15-7-4-12/h3-4,6-7,9-11H,5,8H2,1-2H3,(H,16,17,18). The van der Waals surface area contributed by atoms with Crippen LogP contribution in [0.15, 0.2) is 36.9 Å². The van der Waals surface area contributed by atoms with Crippen LogP contribution in [0.25, 0.3) is 0 Å². The van der Waals surface area contributed by atoms with Crippen molar-refractivity contribution in [2.24, 2.45) is 0 Å². The number of pyridine rings is 1. The average Bonchev–Trinajstić information content (AvgIpc) is 2.40. The van der Waals surface area contributed by atoms with Crippen molar-refractivity contribution >= 4 is 5.82 Å². The van der Waals surface area contributed by atoms with E-state index in [0.29, 0.717) is 5.92 Å². The Labute approximate surface area is 108 Å². The molecule has 0 amide bonds. The first-order valence-electron chi connectivity index (χ1n) is 6.20. The Bertz CT molecular complexity index is 482. The fourth-order valence-electron chi connectivity index (χ4n) is 1.67. The Balaban J connectivity index is 1.89. The summed E-state index contributed by atoms with van der Waals surface area (Å²) in [5.41, 5.74) is 2.34. The molecule has 4 heteroatoms. The summed E-state index contributed by atoms with van der Waals surface area (Å²) >= 11 is 0. The van der Waals surface area contributed by atoms with E-state index in [-0.39, 0.29) is 0 Å². The summed E-state index contributed by atoms with van der Waals surface area (Å²) < 4.78 is 0. The second-order valence-electron chi connectivity index (χ2n) is 4.52. The van der Waals surface area contributed by atoms with Crippen LogP contribution in [0.3, 0.4) is 0 Å². The number of nitrogens with one attached hydrogen (secondary N) is 1. The van der Waals surface area contributed by atoms with Gasteiger partial charge < -0.3 is 5.32 Å². The van der Waals surface area contributed by atoms with Crippen LogP contribution in [0.1, 0.15) is 31.0 Å². The molecule has 0 fully saturated rings. The van der Waals surface area contributed by atoms with Crippen LogP contribution >= 0.6 is 0 Å². The molecule has 1 N–H and O–H groups in total. The van der Waals surface area contributed by atoms with Crippen LogP contribution in [0.4, 0.5) is 5.82 Å². The minimum absolute atomic E-state index is 0.425. The lowest BCUT2D eigenvalue weighted by Gasteiger charge is -2.08. The first kappa shape index (κ1) is 12.5.